The van der Waals surface area contributed by atoms with Crippen LogP contribution in [0.3, 0.4) is 0 Å². The monoisotopic (exact) mass is 228 g/mol. The van der Waals surface area contributed by atoms with Gasteiger partial charge in [0.15, 0.2) is 0 Å². The molecule has 0 bridgehead atoms. The minimum atomic E-state index is -0.984. The third-order valence-electron chi connectivity index (χ3n) is 2.25. The van der Waals surface area contributed by atoms with E-state index in [1.165, 1.54) is 4.90 Å². The van der Waals surface area contributed by atoms with Crippen LogP contribution in [0.5, 0.6) is 0 Å². The van der Waals surface area contributed by atoms with Gasteiger partial charge in [-0.05, 0) is 40.0 Å². The Morgan fingerprint density at radius 1 is 1.44 bits per heavy atom. The second kappa shape index (κ2) is 4.72. The predicted octanol–water partition coefficient (Wildman–Crippen LogP) is 1.67. The number of hydrogen-bond acceptors (Lipinski definition) is 3. The van der Waals surface area contributed by atoms with Gasteiger partial charge in [0, 0.05) is 6.54 Å². The smallest absolute Gasteiger partial charge is 0.411 e. The molecule has 5 nitrogen and oxygen atoms in total. The molecule has 1 fully saturated rings. The van der Waals surface area contributed by atoms with Gasteiger partial charge in [0.25, 0.3) is 0 Å². The fraction of sp³-hybridized carbons (Fsp3) is 0.727. The number of piperidine rings is 1. The highest BCUT2D eigenvalue weighted by atomic mass is 16.6. The van der Waals surface area contributed by atoms with Crippen LogP contribution in [-0.2, 0) is 9.53 Å². The van der Waals surface area contributed by atoms with Crippen LogP contribution in [0.2, 0.25) is 0 Å². The summed E-state index contributed by atoms with van der Waals surface area (Å²) in [6.45, 7) is 5.69. The van der Waals surface area contributed by atoms with E-state index < -0.39 is 23.7 Å². The summed E-state index contributed by atoms with van der Waals surface area (Å²) < 4.78 is 5.17. The molecule has 0 aromatic rings. The average molecular weight is 228 g/mol. The molecular weight excluding hydrogens is 210 g/mol. The predicted molar refractivity (Wildman–Crippen MR) is 57.9 cm³/mol. The molecule has 0 spiro atoms. The van der Waals surface area contributed by atoms with Gasteiger partial charge in [-0.1, -0.05) is 0 Å². The Hall–Kier alpha value is -1.26. The topological polar surface area (TPSA) is 66.8 Å². The van der Waals surface area contributed by atoms with E-state index in [4.69, 9.17) is 9.84 Å². The van der Waals surface area contributed by atoms with E-state index >= 15 is 0 Å². The molecule has 1 atom stereocenters. The Bertz CT molecular complexity index is 282. The summed E-state index contributed by atoms with van der Waals surface area (Å²) in [5, 5.41) is 8.99. The number of carboxylic acid groups (broad SMARTS) is 1. The Morgan fingerprint density at radius 3 is 2.56 bits per heavy atom. The molecule has 1 heterocycles. The fourth-order valence-corrected chi connectivity index (χ4v) is 1.56. The zero-order chi connectivity index (χ0) is 12.3. The number of likely N-dealkylation sites (tertiary alicyclic amines) is 1. The van der Waals surface area contributed by atoms with E-state index in [1.807, 2.05) is 6.42 Å². The van der Waals surface area contributed by atoms with Crippen molar-refractivity contribution in [1.82, 2.24) is 4.90 Å². The van der Waals surface area contributed by atoms with Crippen molar-refractivity contribution in [1.29, 1.82) is 0 Å². The number of carbonyl (C=O) groups excluding carboxylic acids is 1. The standard InChI is InChI=1S/C11H18NO4/c1-11(2,3)16-10(15)12-7-5-4-6-8(12)9(13)14/h4,8H,5-7H2,1-3H3,(H,13,14). The van der Waals surface area contributed by atoms with Gasteiger partial charge in [-0.15, -0.1) is 0 Å². The first-order valence-electron chi connectivity index (χ1n) is 5.35. The van der Waals surface area contributed by atoms with E-state index in [-0.39, 0.29) is 0 Å². The number of rotatable bonds is 1. The molecule has 5 heteroatoms. The highest BCUT2D eigenvalue weighted by molar-refractivity contribution is 5.80. The molecule has 1 rings (SSSR count). The van der Waals surface area contributed by atoms with Crippen LogP contribution in [0.1, 0.15) is 33.6 Å². The third kappa shape index (κ3) is 3.40. The Balaban J connectivity index is 2.68. The van der Waals surface area contributed by atoms with E-state index in [9.17, 15) is 9.59 Å². The van der Waals surface area contributed by atoms with Crippen molar-refractivity contribution < 1.29 is 19.4 Å². The lowest BCUT2D eigenvalue weighted by Crippen LogP contribution is -2.49. The van der Waals surface area contributed by atoms with Gasteiger partial charge >= 0.3 is 12.1 Å². The number of aliphatic carboxylic acids is 1. The maximum Gasteiger partial charge on any atom is 0.411 e. The van der Waals surface area contributed by atoms with Crippen molar-refractivity contribution in [3.05, 3.63) is 6.42 Å². The number of amides is 1. The van der Waals surface area contributed by atoms with Gasteiger partial charge in [0.05, 0.1) is 0 Å². The Labute approximate surface area is 95.4 Å². The first-order valence-corrected chi connectivity index (χ1v) is 5.35. The largest absolute Gasteiger partial charge is 0.480 e. The van der Waals surface area contributed by atoms with E-state index in [0.717, 1.165) is 0 Å². The molecule has 1 N–H and O–H groups in total. The number of nitrogens with zero attached hydrogens (tertiary/aromatic N) is 1. The summed E-state index contributed by atoms with van der Waals surface area (Å²) in [6.07, 6.45) is 2.44. The molecule has 0 saturated carbocycles. The molecule has 91 valence electrons. The number of hydrogen-bond donors (Lipinski definition) is 1. The maximum absolute atomic E-state index is 11.8. The van der Waals surface area contributed by atoms with Crippen LogP contribution in [0.4, 0.5) is 4.79 Å². The average Bonchev–Trinajstić information content (AvgIpc) is 2.15. The molecule has 16 heavy (non-hydrogen) atoms. The molecular formula is C11H18NO4. The van der Waals surface area contributed by atoms with Crippen LogP contribution >= 0.6 is 0 Å². The lowest BCUT2D eigenvalue weighted by atomic mass is 10.0. The SMILES string of the molecule is CC(C)(C)OC(=O)N1CC[CH]CC1C(=O)O. The lowest BCUT2D eigenvalue weighted by Gasteiger charge is -2.34. The highest BCUT2D eigenvalue weighted by Crippen LogP contribution is 2.19. The first kappa shape index (κ1) is 12.8. The van der Waals surface area contributed by atoms with Gasteiger partial charge in [-0.25, -0.2) is 9.59 Å². The summed E-state index contributed by atoms with van der Waals surface area (Å²) in [4.78, 5) is 24.0. The quantitative estimate of drug-likeness (QED) is 0.741. The second-order valence-electron chi connectivity index (χ2n) is 4.84. The number of carbonyl (C=O) groups is 2. The molecule has 1 saturated heterocycles. The molecule has 0 aliphatic carbocycles. The van der Waals surface area contributed by atoms with Gasteiger partial charge < -0.3 is 9.84 Å². The van der Waals surface area contributed by atoms with Gasteiger partial charge in [-0.3, -0.25) is 4.90 Å². The number of ether oxygens (including phenoxy) is 1. The second-order valence-corrected chi connectivity index (χ2v) is 4.84. The maximum atomic E-state index is 11.8. The van der Waals surface area contributed by atoms with Crippen molar-refractivity contribution >= 4 is 12.1 Å². The van der Waals surface area contributed by atoms with Crippen LogP contribution in [0.15, 0.2) is 0 Å². The molecule has 1 aliphatic heterocycles. The molecule has 0 aromatic carbocycles. The Morgan fingerprint density at radius 2 is 2.06 bits per heavy atom. The lowest BCUT2D eigenvalue weighted by molar-refractivity contribution is -0.143. The summed E-state index contributed by atoms with van der Waals surface area (Å²) in [5.41, 5.74) is -0.596. The molecule has 1 amide bonds. The first-order chi connectivity index (χ1) is 7.31. The summed E-state index contributed by atoms with van der Waals surface area (Å²) in [6, 6.07) is -0.788. The van der Waals surface area contributed by atoms with Crippen molar-refractivity contribution in [2.24, 2.45) is 0 Å². The normalized spacial score (nSPS) is 21.7. The van der Waals surface area contributed by atoms with Crippen LogP contribution in [0, 0.1) is 6.42 Å². The van der Waals surface area contributed by atoms with Gasteiger partial charge in [0.2, 0.25) is 0 Å². The highest BCUT2D eigenvalue weighted by Gasteiger charge is 2.34. The van der Waals surface area contributed by atoms with Crippen molar-refractivity contribution in [2.45, 2.75) is 45.3 Å². The fourth-order valence-electron chi connectivity index (χ4n) is 1.56. The van der Waals surface area contributed by atoms with Crippen molar-refractivity contribution in [3.63, 3.8) is 0 Å². The minimum absolute atomic E-state index is 0.384. The van der Waals surface area contributed by atoms with E-state index in [2.05, 4.69) is 0 Å². The molecule has 1 aliphatic rings. The summed E-state index contributed by atoms with van der Waals surface area (Å²) >= 11 is 0. The zero-order valence-corrected chi connectivity index (χ0v) is 9.90. The molecule has 1 radical (unpaired) electrons. The van der Waals surface area contributed by atoms with E-state index in [1.54, 1.807) is 20.8 Å². The zero-order valence-electron chi connectivity index (χ0n) is 9.90. The van der Waals surface area contributed by atoms with Crippen LogP contribution in [0.25, 0.3) is 0 Å². The van der Waals surface area contributed by atoms with Gasteiger partial charge in [0.1, 0.15) is 11.6 Å². The Kier molecular flexibility index (Phi) is 3.78. The molecule has 0 aromatic heterocycles. The van der Waals surface area contributed by atoms with Crippen LogP contribution < -0.4 is 0 Å². The summed E-state index contributed by atoms with van der Waals surface area (Å²) in [5.74, 6) is -0.984. The third-order valence-corrected chi connectivity index (χ3v) is 2.25. The van der Waals surface area contributed by atoms with Crippen LogP contribution in [-0.4, -0.2) is 40.3 Å². The van der Waals surface area contributed by atoms with Gasteiger partial charge in [-0.2, -0.15) is 0 Å². The van der Waals surface area contributed by atoms with Crippen molar-refractivity contribution in [2.75, 3.05) is 6.54 Å². The van der Waals surface area contributed by atoms with Crippen molar-refractivity contribution in [3.8, 4) is 0 Å². The molecule has 1 unspecified atom stereocenters. The summed E-state index contributed by atoms with van der Waals surface area (Å²) in [7, 11) is 0. The minimum Gasteiger partial charge on any atom is -0.480 e. The number of carboxylic acids is 1. The van der Waals surface area contributed by atoms with E-state index in [0.29, 0.717) is 19.4 Å².